The molecule has 0 aliphatic carbocycles. The van der Waals surface area contributed by atoms with Crippen LogP contribution in [0.4, 0.5) is 5.13 Å². The molecule has 1 aromatic carbocycles. The average molecular weight is 307 g/mol. The van der Waals surface area contributed by atoms with Crippen molar-refractivity contribution in [3.05, 3.63) is 35.2 Å². The van der Waals surface area contributed by atoms with E-state index in [4.69, 9.17) is 9.47 Å². The molecule has 0 unspecified atom stereocenters. The minimum atomic E-state index is 0.631. The highest BCUT2D eigenvalue weighted by molar-refractivity contribution is 7.15. The van der Waals surface area contributed by atoms with Gasteiger partial charge in [0.15, 0.2) is 5.13 Å². The standard InChI is InChI=1S/C15H21N3O2S/c1-18(2)15-17-14(19-3)13(21-15)11-16-9-10-20-12-7-5-4-6-8-12/h4-8,16H,9-11H2,1-3H3. The molecule has 0 aliphatic heterocycles. The summed E-state index contributed by atoms with van der Waals surface area (Å²) in [6.07, 6.45) is 0. The van der Waals surface area contributed by atoms with Crippen LogP contribution >= 0.6 is 11.3 Å². The maximum absolute atomic E-state index is 5.63. The van der Waals surface area contributed by atoms with Crippen LogP contribution in [0.3, 0.4) is 0 Å². The van der Waals surface area contributed by atoms with Crippen molar-refractivity contribution >= 4 is 16.5 Å². The molecular weight excluding hydrogens is 286 g/mol. The molecule has 1 aromatic heterocycles. The molecule has 0 atom stereocenters. The second-order valence-corrected chi connectivity index (χ2v) is 5.72. The number of hydrogen-bond donors (Lipinski definition) is 1. The van der Waals surface area contributed by atoms with Crippen molar-refractivity contribution in [2.24, 2.45) is 0 Å². The van der Waals surface area contributed by atoms with Gasteiger partial charge < -0.3 is 19.7 Å². The predicted octanol–water partition coefficient (Wildman–Crippen LogP) is 2.39. The molecule has 0 saturated carbocycles. The van der Waals surface area contributed by atoms with E-state index in [0.29, 0.717) is 12.5 Å². The molecule has 0 saturated heterocycles. The Morgan fingerprint density at radius 1 is 1.24 bits per heavy atom. The normalized spacial score (nSPS) is 10.4. The van der Waals surface area contributed by atoms with Gasteiger partial charge in [0.2, 0.25) is 5.88 Å². The Hall–Kier alpha value is -1.79. The average Bonchev–Trinajstić information content (AvgIpc) is 2.91. The molecule has 2 rings (SSSR count). The van der Waals surface area contributed by atoms with E-state index in [-0.39, 0.29) is 0 Å². The minimum absolute atomic E-state index is 0.631. The Bertz CT molecular complexity index is 543. The quantitative estimate of drug-likeness (QED) is 0.759. The third kappa shape index (κ3) is 4.61. The molecule has 114 valence electrons. The zero-order valence-electron chi connectivity index (χ0n) is 12.6. The summed E-state index contributed by atoms with van der Waals surface area (Å²) < 4.78 is 10.9. The number of benzene rings is 1. The highest BCUT2D eigenvalue weighted by Crippen LogP contribution is 2.30. The molecule has 5 nitrogen and oxygen atoms in total. The van der Waals surface area contributed by atoms with Crippen LogP contribution in [0.2, 0.25) is 0 Å². The molecule has 0 fully saturated rings. The van der Waals surface area contributed by atoms with Gasteiger partial charge >= 0.3 is 0 Å². The Morgan fingerprint density at radius 3 is 2.67 bits per heavy atom. The van der Waals surface area contributed by atoms with Gasteiger partial charge in [-0.3, -0.25) is 0 Å². The van der Waals surface area contributed by atoms with Crippen LogP contribution in [0.1, 0.15) is 4.88 Å². The Labute approximate surface area is 129 Å². The molecular formula is C15H21N3O2S. The number of ether oxygens (including phenoxy) is 2. The largest absolute Gasteiger partial charge is 0.492 e. The molecule has 21 heavy (non-hydrogen) atoms. The van der Waals surface area contributed by atoms with Crippen LogP contribution in [0, 0.1) is 0 Å². The first kappa shape index (κ1) is 15.6. The van der Waals surface area contributed by atoms with Crippen molar-refractivity contribution < 1.29 is 9.47 Å². The van der Waals surface area contributed by atoms with Crippen molar-refractivity contribution in [1.29, 1.82) is 0 Å². The number of hydrogen-bond acceptors (Lipinski definition) is 6. The number of anilines is 1. The summed E-state index contributed by atoms with van der Waals surface area (Å²) in [6.45, 7) is 2.13. The maximum atomic E-state index is 5.63. The van der Waals surface area contributed by atoms with E-state index >= 15 is 0 Å². The number of thiazole rings is 1. The number of nitrogens with one attached hydrogen (secondary N) is 1. The first-order valence-corrected chi connectivity index (χ1v) is 7.62. The number of rotatable bonds is 8. The maximum Gasteiger partial charge on any atom is 0.230 e. The van der Waals surface area contributed by atoms with Gasteiger partial charge in [0.1, 0.15) is 12.4 Å². The number of aromatic nitrogens is 1. The van der Waals surface area contributed by atoms with Gasteiger partial charge in [0, 0.05) is 27.2 Å². The molecule has 2 aromatic rings. The van der Waals surface area contributed by atoms with E-state index < -0.39 is 0 Å². The van der Waals surface area contributed by atoms with Crippen LogP contribution in [0.25, 0.3) is 0 Å². The second kappa shape index (κ2) is 7.85. The van der Waals surface area contributed by atoms with Gasteiger partial charge in [-0.25, -0.2) is 0 Å². The molecule has 0 bridgehead atoms. The van der Waals surface area contributed by atoms with Gasteiger partial charge in [0.05, 0.1) is 12.0 Å². The molecule has 0 amide bonds. The van der Waals surface area contributed by atoms with Crippen molar-refractivity contribution in [3.63, 3.8) is 0 Å². The predicted molar refractivity (Wildman–Crippen MR) is 86.6 cm³/mol. The fourth-order valence-corrected chi connectivity index (χ4v) is 2.67. The molecule has 0 radical (unpaired) electrons. The third-order valence-corrected chi connectivity index (χ3v) is 4.01. The summed E-state index contributed by atoms with van der Waals surface area (Å²) >= 11 is 1.63. The van der Waals surface area contributed by atoms with Crippen molar-refractivity contribution in [3.8, 4) is 11.6 Å². The minimum Gasteiger partial charge on any atom is -0.492 e. The molecule has 1 N–H and O–H groups in total. The van der Waals surface area contributed by atoms with E-state index in [1.807, 2.05) is 49.3 Å². The highest BCUT2D eigenvalue weighted by Gasteiger charge is 2.12. The third-order valence-electron chi connectivity index (χ3n) is 2.80. The lowest BCUT2D eigenvalue weighted by molar-refractivity contribution is 0.313. The van der Waals surface area contributed by atoms with E-state index in [9.17, 15) is 0 Å². The number of nitrogens with zero attached hydrogens (tertiary/aromatic N) is 2. The Balaban J connectivity index is 1.75. The van der Waals surface area contributed by atoms with E-state index in [2.05, 4.69) is 10.3 Å². The zero-order valence-corrected chi connectivity index (χ0v) is 13.4. The Morgan fingerprint density at radius 2 is 2.00 bits per heavy atom. The van der Waals surface area contributed by atoms with Crippen molar-refractivity contribution in [2.75, 3.05) is 39.3 Å². The lowest BCUT2D eigenvalue weighted by atomic mass is 10.3. The molecule has 0 aliphatic rings. The van der Waals surface area contributed by atoms with Gasteiger partial charge in [-0.15, -0.1) is 0 Å². The first-order valence-electron chi connectivity index (χ1n) is 6.80. The van der Waals surface area contributed by atoms with E-state index in [1.54, 1.807) is 18.4 Å². The fraction of sp³-hybridized carbons (Fsp3) is 0.400. The van der Waals surface area contributed by atoms with Crippen molar-refractivity contribution in [1.82, 2.24) is 10.3 Å². The zero-order chi connectivity index (χ0) is 15.1. The van der Waals surface area contributed by atoms with Gasteiger partial charge in [0.25, 0.3) is 0 Å². The van der Waals surface area contributed by atoms with Crippen LogP contribution in [0.15, 0.2) is 30.3 Å². The molecule has 6 heteroatoms. The van der Waals surface area contributed by atoms with Crippen LogP contribution in [0.5, 0.6) is 11.6 Å². The summed E-state index contributed by atoms with van der Waals surface area (Å²) in [6, 6.07) is 9.82. The van der Waals surface area contributed by atoms with Gasteiger partial charge in [-0.2, -0.15) is 4.98 Å². The van der Waals surface area contributed by atoms with Crippen LogP contribution < -0.4 is 19.7 Å². The summed E-state index contributed by atoms with van der Waals surface area (Å²) in [5.74, 6) is 1.59. The van der Waals surface area contributed by atoms with Gasteiger partial charge in [-0.05, 0) is 12.1 Å². The fourth-order valence-electron chi connectivity index (χ4n) is 1.75. The monoisotopic (exact) mass is 307 g/mol. The topological polar surface area (TPSA) is 46.6 Å². The van der Waals surface area contributed by atoms with Crippen molar-refractivity contribution in [2.45, 2.75) is 6.54 Å². The summed E-state index contributed by atoms with van der Waals surface area (Å²) in [5, 5.41) is 4.29. The second-order valence-electron chi connectivity index (χ2n) is 4.66. The Kier molecular flexibility index (Phi) is 5.83. The smallest absolute Gasteiger partial charge is 0.230 e. The summed E-state index contributed by atoms with van der Waals surface area (Å²) in [5.41, 5.74) is 0. The first-order chi connectivity index (χ1) is 10.2. The van der Waals surface area contributed by atoms with Crippen LogP contribution in [-0.2, 0) is 6.54 Å². The number of para-hydroxylation sites is 1. The lowest BCUT2D eigenvalue weighted by Gasteiger charge is -2.07. The number of methoxy groups -OCH3 is 1. The highest BCUT2D eigenvalue weighted by atomic mass is 32.1. The molecule has 1 heterocycles. The SMILES string of the molecule is COc1nc(N(C)C)sc1CNCCOc1ccccc1. The summed E-state index contributed by atoms with van der Waals surface area (Å²) in [7, 11) is 5.60. The van der Waals surface area contributed by atoms with E-state index in [1.165, 1.54) is 0 Å². The lowest BCUT2D eigenvalue weighted by Crippen LogP contribution is -2.20. The van der Waals surface area contributed by atoms with Gasteiger partial charge in [-0.1, -0.05) is 29.5 Å². The summed E-state index contributed by atoms with van der Waals surface area (Å²) in [4.78, 5) is 7.51. The van der Waals surface area contributed by atoms with E-state index in [0.717, 1.165) is 28.8 Å². The van der Waals surface area contributed by atoms with Crippen LogP contribution in [-0.4, -0.2) is 39.3 Å². The molecule has 0 spiro atoms.